The average Bonchev–Trinajstić information content (AvgIpc) is 2.83. The Morgan fingerprint density at radius 3 is 2.79 bits per heavy atom. The van der Waals surface area contributed by atoms with Crippen molar-refractivity contribution in [3.05, 3.63) is 11.6 Å². The van der Waals surface area contributed by atoms with Crippen molar-refractivity contribution in [1.82, 2.24) is 19.7 Å². The fraction of sp³-hybridized carbons (Fsp3) is 0.857. The van der Waals surface area contributed by atoms with Crippen molar-refractivity contribution in [2.75, 3.05) is 20.2 Å². The Morgan fingerprint density at radius 2 is 2.16 bits per heavy atom. The van der Waals surface area contributed by atoms with Crippen LogP contribution in [-0.2, 0) is 11.3 Å². The minimum Gasteiger partial charge on any atom is -0.377 e. The summed E-state index contributed by atoms with van der Waals surface area (Å²) in [7, 11) is 1.69. The van der Waals surface area contributed by atoms with Crippen LogP contribution in [0.15, 0.2) is 0 Å². The maximum Gasteiger partial charge on any atom is 0.176 e. The summed E-state index contributed by atoms with van der Waals surface area (Å²) in [6.45, 7) is 9.29. The number of hydrogen-bond donors (Lipinski definition) is 0. The maximum absolute atomic E-state index is 5.16. The van der Waals surface area contributed by atoms with E-state index in [4.69, 9.17) is 9.72 Å². The van der Waals surface area contributed by atoms with E-state index >= 15 is 0 Å². The van der Waals surface area contributed by atoms with E-state index in [1.54, 1.807) is 7.11 Å². The van der Waals surface area contributed by atoms with Gasteiger partial charge in [0, 0.05) is 13.2 Å². The van der Waals surface area contributed by atoms with E-state index in [9.17, 15) is 0 Å². The molecule has 2 heterocycles. The summed E-state index contributed by atoms with van der Waals surface area (Å²) >= 11 is 0. The predicted molar refractivity (Wildman–Crippen MR) is 75.0 cm³/mol. The van der Waals surface area contributed by atoms with Crippen LogP contribution in [0.2, 0.25) is 0 Å². The Bertz CT molecular complexity index is 402. The standard InChI is InChI=1S/C14H26N4O/c1-5-17-9-7-6-8-12(17)14-15-13(10-19-4)16-18(14)11(2)3/h11-12H,5-10H2,1-4H3/t12-/m1/s1. The lowest BCUT2D eigenvalue weighted by atomic mass is 10.0. The summed E-state index contributed by atoms with van der Waals surface area (Å²) in [5, 5.41) is 4.60. The molecule has 0 saturated carbocycles. The molecule has 0 amide bonds. The number of rotatable bonds is 5. The van der Waals surface area contributed by atoms with Crippen LogP contribution in [0.25, 0.3) is 0 Å². The van der Waals surface area contributed by atoms with Crippen molar-refractivity contribution in [1.29, 1.82) is 0 Å². The second-order valence-corrected chi connectivity index (χ2v) is 5.50. The van der Waals surface area contributed by atoms with Gasteiger partial charge in [-0.25, -0.2) is 9.67 Å². The summed E-state index contributed by atoms with van der Waals surface area (Å²) in [6, 6.07) is 0.757. The lowest BCUT2D eigenvalue weighted by Crippen LogP contribution is -2.35. The van der Waals surface area contributed by atoms with Crippen LogP contribution in [0.1, 0.15) is 63.8 Å². The first kappa shape index (κ1) is 14.5. The highest BCUT2D eigenvalue weighted by Crippen LogP contribution is 2.30. The second-order valence-electron chi connectivity index (χ2n) is 5.50. The van der Waals surface area contributed by atoms with Gasteiger partial charge >= 0.3 is 0 Å². The maximum atomic E-state index is 5.16. The summed E-state index contributed by atoms with van der Waals surface area (Å²) in [5.74, 6) is 1.91. The number of nitrogens with zero attached hydrogens (tertiary/aromatic N) is 4. The topological polar surface area (TPSA) is 43.2 Å². The van der Waals surface area contributed by atoms with Gasteiger partial charge in [-0.15, -0.1) is 0 Å². The minimum absolute atomic E-state index is 0.341. The quantitative estimate of drug-likeness (QED) is 0.821. The molecule has 0 spiro atoms. The Hall–Kier alpha value is -0.940. The summed E-state index contributed by atoms with van der Waals surface area (Å²) in [4.78, 5) is 7.25. The zero-order valence-electron chi connectivity index (χ0n) is 12.6. The monoisotopic (exact) mass is 266 g/mol. The second kappa shape index (κ2) is 6.48. The molecular weight excluding hydrogens is 240 g/mol. The average molecular weight is 266 g/mol. The molecule has 0 aliphatic carbocycles. The fourth-order valence-electron chi connectivity index (χ4n) is 2.84. The number of methoxy groups -OCH3 is 1. The van der Waals surface area contributed by atoms with E-state index in [1.165, 1.54) is 25.8 Å². The van der Waals surface area contributed by atoms with Crippen molar-refractivity contribution >= 4 is 0 Å². The molecule has 0 radical (unpaired) electrons. The fourth-order valence-corrected chi connectivity index (χ4v) is 2.84. The molecule has 1 saturated heterocycles. The third kappa shape index (κ3) is 3.15. The summed E-state index contributed by atoms with van der Waals surface area (Å²) in [5.41, 5.74) is 0. The van der Waals surface area contributed by atoms with E-state index < -0.39 is 0 Å². The first-order valence-electron chi connectivity index (χ1n) is 7.35. The van der Waals surface area contributed by atoms with Gasteiger partial charge in [0.15, 0.2) is 5.82 Å². The van der Waals surface area contributed by atoms with Crippen molar-refractivity contribution in [3.8, 4) is 0 Å². The van der Waals surface area contributed by atoms with E-state index in [0.29, 0.717) is 18.7 Å². The van der Waals surface area contributed by atoms with Crippen molar-refractivity contribution < 1.29 is 4.74 Å². The highest BCUT2D eigenvalue weighted by molar-refractivity contribution is 5.02. The SMILES string of the molecule is CCN1CCCC[C@@H]1c1nc(COC)nn1C(C)C. The number of aromatic nitrogens is 3. The van der Waals surface area contributed by atoms with Gasteiger partial charge in [0.1, 0.15) is 12.4 Å². The van der Waals surface area contributed by atoms with Gasteiger partial charge in [0.05, 0.1) is 6.04 Å². The first-order valence-corrected chi connectivity index (χ1v) is 7.35. The van der Waals surface area contributed by atoms with E-state index in [1.807, 2.05) is 0 Å². The number of piperidine rings is 1. The Kier molecular flexibility index (Phi) is 4.93. The molecule has 1 aliphatic rings. The van der Waals surface area contributed by atoms with Crippen LogP contribution in [-0.4, -0.2) is 39.9 Å². The lowest BCUT2D eigenvalue weighted by Gasteiger charge is -2.34. The highest BCUT2D eigenvalue weighted by atomic mass is 16.5. The molecule has 1 atom stereocenters. The number of hydrogen-bond acceptors (Lipinski definition) is 4. The summed E-state index contributed by atoms with van der Waals surface area (Å²) < 4.78 is 7.24. The predicted octanol–water partition coefficient (Wildman–Crippen LogP) is 2.55. The molecule has 1 aromatic rings. The van der Waals surface area contributed by atoms with Gasteiger partial charge in [0.2, 0.25) is 0 Å². The largest absolute Gasteiger partial charge is 0.377 e. The number of ether oxygens (including phenoxy) is 1. The minimum atomic E-state index is 0.341. The molecule has 5 nitrogen and oxygen atoms in total. The molecule has 2 rings (SSSR count). The van der Waals surface area contributed by atoms with Crippen molar-refractivity contribution in [2.45, 2.75) is 58.7 Å². The molecule has 108 valence electrons. The van der Waals surface area contributed by atoms with Crippen LogP contribution in [0.5, 0.6) is 0 Å². The molecule has 0 bridgehead atoms. The molecule has 0 unspecified atom stereocenters. The Morgan fingerprint density at radius 1 is 1.37 bits per heavy atom. The number of likely N-dealkylation sites (tertiary alicyclic amines) is 1. The van der Waals surface area contributed by atoms with Crippen molar-refractivity contribution in [2.24, 2.45) is 0 Å². The Balaban J connectivity index is 2.30. The van der Waals surface area contributed by atoms with Crippen LogP contribution >= 0.6 is 0 Å². The Labute approximate surface area is 116 Å². The molecule has 1 aromatic heterocycles. The molecule has 0 aromatic carbocycles. The van der Waals surface area contributed by atoms with Gasteiger partial charge in [-0.3, -0.25) is 4.90 Å². The van der Waals surface area contributed by atoms with E-state index in [0.717, 1.165) is 18.2 Å². The van der Waals surface area contributed by atoms with Crippen LogP contribution in [0.4, 0.5) is 0 Å². The van der Waals surface area contributed by atoms with Crippen LogP contribution in [0.3, 0.4) is 0 Å². The molecule has 5 heteroatoms. The third-order valence-corrected chi connectivity index (χ3v) is 3.78. The highest BCUT2D eigenvalue weighted by Gasteiger charge is 2.28. The lowest BCUT2D eigenvalue weighted by molar-refractivity contribution is 0.144. The molecule has 1 aliphatic heterocycles. The van der Waals surface area contributed by atoms with Crippen LogP contribution < -0.4 is 0 Å². The molecule has 19 heavy (non-hydrogen) atoms. The van der Waals surface area contributed by atoms with Crippen LogP contribution in [0, 0.1) is 0 Å². The van der Waals surface area contributed by atoms with E-state index in [-0.39, 0.29) is 0 Å². The van der Waals surface area contributed by atoms with Gasteiger partial charge in [-0.2, -0.15) is 5.10 Å². The first-order chi connectivity index (χ1) is 9.17. The normalized spacial score (nSPS) is 21.2. The molecule has 0 N–H and O–H groups in total. The van der Waals surface area contributed by atoms with Crippen molar-refractivity contribution in [3.63, 3.8) is 0 Å². The van der Waals surface area contributed by atoms with Gasteiger partial charge in [-0.05, 0) is 39.8 Å². The molecular formula is C14H26N4O. The molecule has 1 fully saturated rings. The van der Waals surface area contributed by atoms with Gasteiger partial charge in [-0.1, -0.05) is 13.3 Å². The van der Waals surface area contributed by atoms with Gasteiger partial charge in [0.25, 0.3) is 0 Å². The third-order valence-electron chi connectivity index (χ3n) is 3.78. The smallest absolute Gasteiger partial charge is 0.176 e. The zero-order chi connectivity index (χ0) is 13.8. The van der Waals surface area contributed by atoms with Gasteiger partial charge < -0.3 is 4.74 Å². The van der Waals surface area contributed by atoms with E-state index in [2.05, 4.69) is 35.5 Å². The summed E-state index contributed by atoms with van der Waals surface area (Å²) in [6.07, 6.45) is 3.77. The zero-order valence-corrected chi connectivity index (χ0v) is 12.6.